The van der Waals surface area contributed by atoms with E-state index in [1.165, 1.54) is 39.9 Å². The maximum Gasteiger partial charge on any atom is 0.279 e. The van der Waals surface area contributed by atoms with Gasteiger partial charge in [-0.15, -0.1) is 0 Å². The fourth-order valence-electron chi connectivity index (χ4n) is 3.65. The zero-order valence-corrected chi connectivity index (χ0v) is 19.2. The number of ether oxygens (including phenoxy) is 1. The number of piperidine rings is 1. The van der Waals surface area contributed by atoms with E-state index in [-0.39, 0.29) is 4.90 Å². The summed E-state index contributed by atoms with van der Waals surface area (Å²) in [4.78, 5) is 17.8. The molecule has 1 amide bonds. The van der Waals surface area contributed by atoms with Crippen molar-refractivity contribution < 1.29 is 17.9 Å². The molecule has 0 aliphatic carbocycles. The van der Waals surface area contributed by atoms with Crippen LogP contribution in [-0.4, -0.2) is 42.9 Å². The van der Waals surface area contributed by atoms with E-state index < -0.39 is 15.9 Å². The van der Waals surface area contributed by atoms with Crippen molar-refractivity contribution in [2.45, 2.75) is 31.1 Å². The molecular weight excluding hydrogens is 434 g/mol. The minimum absolute atomic E-state index is 0.210. The largest absolute Gasteiger partial charge is 0.494 e. The summed E-state index contributed by atoms with van der Waals surface area (Å²) in [5.74, 6) is 0.370. The van der Waals surface area contributed by atoms with E-state index in [0.717, 1.165) is 35.2 Å². The fraction of sp³-hybridized carbons (Fsp3) is 0.364. The van der Waals surface area contributed by atoms with Crippen molar-refractivity contribution in [2.24, 2.45) is 12.0 Å². The topological polar surface area (TPSA) is 81.0 Å². The second-order valence-corrected chi connectivity index (χ2v) is 10.4. The van der Waals surface area contributed by atoms with Gasteiger partial charge in [0, 0.05) is 25.7 Å². The third-order valence-corrected chi connectivity index (χ3v) is 8.35. The molecule has 3 aromatic rings. The van der Waals surface area contributed by atoms with Gasteiger partial charge < -0.3 is 9.30 Å². The van der Waals surface area contributed by atoms with Gasteiger partial charge in [0.15, 0.2) is 4.80 Å². The third kappa shape index (κ3) is 4.44. The standard InChI is InChI=1S/C22H25N3O4S2/c1-3-29-17-9-12-19-20(15-17)30-22(24(19)2)23-21(26)16-7-10-18(11-8-16)31(27,28)25-13-5-4-6-14-25/h7-12,15H,3-6,13-14H2,1-2H3. The Labute approximate surface area is 185 Å². The van der Waals surface area contributed by atoms with E-state index in [2.05, 4.69) is 4.99 Å². The summed E-state index contributed by atoms with van der Waals surface area (Å²) < 4.78 is 35.5. The Kier molecular flexibility index (Phi) is 6.27. The molecular formula is C22H25N3O4S2. The lowest BCUT2D eigenvalue weighted by Crippen LogP contribution is -2.35. The number of nitrogens with zero attached hydrogens (tertiary/aromatic N) is 3. The van der Waals surface area contributed by atoms with Crippen molar-refractivity contribution in [2.75, 3.05) is 19.7 Å². The number of sulfonamides is 1. The van der Waals surface area contributed by atoms with E-state index in [1.54, 1.807) is 0 Å². The number of aryl methyl sites for hydroxylation is 1. The smallest absolute Gasteiger partial charge is 0.279 e. The lowest BCUT2D eigenvalue weighted by atomic mass is 10.2. The molecule has 1 aliphatic heterocycles. The van der Waals surface area contributed by atoms with Gasteiger partial charge in [0.1, 0.15) is 5.75 Å². The molecule has 0 unspecified atom stereocenters. The van der Waals surface area contributed by atoms with Gasteiger partial charge in [-0.2, -0.15) is 9.30 Å². The van der Waals surface area contributed by atoms with Crippen molar-refractivity contribution in [3.63, 3.8) is 0 Å². The summed E-state index contributed by atoms with van der Waals surface area (Å²) in [6.07, 6.45) is 2.82. The van der Waals surface area contributed by atoms with Crippen LogP contribution in [0.1, 0.15) is 36.5 Å². The van der Waals surface area contributed by atoms with Gasteiger partial charge in [-0.25, -0.2) is 8.42 Å². The summed E-state index contributed by atoms with van der Waals surface area (Å²) in [5.41, 5.74) is 1.31. The fourth-order valence-corrected chi connectivity index (χ4v) is 6.21. The molecule has 0 atom stereocenters. The number of hydrogen-bond donors (Lipinski definition) is 0. The monoisotopic (exact) mass is 459 g/mol. The molecule has 0 bridgehead atoms. The van der Waals surface area contributed by atoms with Crippen molar-refractivity contribution in [3.8, 4) is 5.75 Å². The molecule has 2 aromatic carbocycles. The molecule has 2 heterocycles. The highest BCUT2D eigenvalue weighted by Crippen LogP contribution is 2.23. The van der Waals surface area contributed by atoms with Crippen LogP contribution in [0, 0.1) is 0 Å². The van der Waals surface area contributed by atoms with Crippen molar-refractivity contribution in [3.05, 3.63) is 52.8 Å². The highest BCUT2D eigenvalue weighted by Gasteiger charge is 2.25. The summed E-state index contributed by atoms with van der Waals surface area (Å²) >= 11 is 1.41. The number of carbonyl (C=O) groups excluding carboxylic acids is 1. The van der Waals surface area contributed by atoms with E-state index >= 15 is 0 Å². The first-order valence-electron chi connectivity index (χ1n) is 10.3. The molecule has 9 heteroatoms. The Balaban J connectivity index is 1.60. The number of benzene rings is 2. The number of aromatic nitrogens is 1. The van der Waals surface area contributed by atoms with Gasteiger partial charge in [0.2, 0.25) is 10.0 Å². The van der Waals surface area contributed by atoms with Gasteiger partial charge in [0.05, 0.1) is 21.7 Å². The minimum atomic E-state index is -3.52. The van der Waals surface area contributed by atoms with E-state index in [9.17, 15) is 13.2 Å². The number of fused-ring (bicyclic) bond motifs is 1. The van der Waals surface area contributed by atoms with Crippen LogP contribution in [0.3, 0.4) is 0 Å². The molecule has 1 fully saturated rings. The molecule has 0 spiro atoms. The average molecular weight is 460 g/mol. The first kappa shape index (κ1) is 21.7. The molecule has 1 aromatic heterocycles. The SMILES string of the molecule is CCOc1ccc2c(c1)sc(=NC(=O)c1ccc(S(=O)(=O)N3CCCCC3)cc1)n2C. The highest BCUT2D eigenvalue weighted by atomic mass is 32.2. The quantitative estimate of drug-likeness (QED) is 0.584. The van der Waals surface area contributed by atoms with Crippen LogP contribution in [-0.2, 0) is 17.1 Å². The first-order valence-corrected chi connectivity index (χ1v) is 12.6. The van der Waals surface area contributed by atoms with Gasteiger partial charge in [-0.05, 0) is 62.2 Å². The number of amides is 1. The molecule has 164 valence electrons. The van der Waals surface area contributed by atoms with Gasteiger partial charge in [0.25, 0.3) is 5.91 Å². The Morgan fingerprint density at radius 3 is 2.48 bits per heavy atom. The Hall–Kier alpha value is -2.49. The second kappa shape index (κ2) is 8.94. The Bertz CT molecular complexity index is 1270. The van der Waals surface area contributed by atoms with Crippen LogP contribution in [0.15, 0.2) is 52.4 Å². The van der Waals surface area contributed by atoms with E-state index in [1.807, 2.05) is 36.7 Å². The predicted molar refractivity (Wildman–Crippen MR) is 121 cm³/mol. The lowest BCUT2D eigenvalue weighted by molar-refractivity contribution is 0.0998. The number of hydrogen-bond acceptors (Lipinski definition) is 5. The summed E-state index contributed by atoms with van der Waals surface area (Å²) in [7, 11) is -1.66. The van der Waals surface area contributed by atoms with Crippen LogP contribution in [0.2, 0.25) is 0 Å². The lowest BCUT2D eigenvalue weighted by Gasteiger charge is -2.25. The maximum atomic E-state index is 12.8. The highest BCUT2D eigenvalue weighted by molar-refractivity contribution is 7.89. The number of carbonyl (C=O) groups is 1. The Morgan fingerprint density at radius 2 is 1.81 bits per heavy atom. The predicted octanol–water partition coefficient (Wildman–Crippen LogP) is 3.55. The molecule has 0 saturated carbocycles. The van der Waals surface area contributed by atoms with Crippen molar-refractivity contribution in [1.82, 2.24) is 8.87 Å². The summed E-state index contributed by atoms with van der Waals surface area (Å²) in [6, 6.07) is 11.8. The van der Waals surface area contributed by atoms with Gasteiger partial charge in [-0.1, -0.05) is 17.8 Å². The molecule has 1 saturated heterocycles. The summed E-state index contributed by atoms with van der Waals surface area (Å²) in [6.45, 7) is 3.61. The molecule has 0 N–H and O–H groups in total. The minimum Gasteiger partial charge on any atom is -0.494 e. The number of thiazole rings is 1. The molecule has 4 rings (SSSR count). The van der Waals surface area contributed by atoms with Crippen LogP contribution < -0.4 is 9.54 Å². The van der Waals surface area contributed by atoms with Gasteiger partial charge >= 0.3 is 0 Å². The first-order chi connectivity index (χ1) is 14.9. The summed E-state index contributed by atoms with van der Waals surface area (Å²) in [5, 5.41) is 0. The van der Waals surface area contributed by atoms with Crippen molar-refractivity contribution in [1.29, 1.82) is 0 Å². The van der Waals surface area contributed by atoms with E-state index in [0.29, 0.717) is 30.1 Å². The average Bonchev–Trinajstić information content (AvgIpc) is 3.09. The zero-order chi connectivity index (χ0) is 22.0. The van der Waals surface area contributed by atoms with Gasteiger partial charge in [-0.3, -0.25) is 4.79 Å². The molecule has 0 radical (unpaired) electrons. The molecule has 31 heavy (non-hydrogen) atoms. The van der Waals surface area contributed by atoms with Crippen LogP contribution in [0.4, 0.5) is 0 Å². The van der Waals surface area contributed by atoms with Crippen LogP contribution >= 0.6 is 11.3 Å². The maximum absolute atomic E-state index is 12.8. The number of rotatable bonds is 5. The second-order valence-electron chi connectivity index (χ2n) is 7.41. The normalized spacial score (nSPS) is 16.0. The Morgan fingerprint density at radius 1 is 1.10 bits per heavy atom. The van der Waals surface area contributed by atoms with Crippen LogP contribution in [0.25, 0.3) is 10.2 Å². The van der Waals surface area contributed by atoms with Crippen molar-refractivity contribution >= 4 is 37.5 Å². The molecule has 1 aliphatic rings. The van der Waals surface area contributed by atoms with E-state index in [4.69, 9.17) is 4.74 Å². The zero-order valence-electron chi connectivity index (χ0n) is 17.6. The third-order valence-electron chi connectivity index (χ3n) is 5.34. The molecule has 7 nitrogen and oxygen atoms in total. The van der Waals surface area contributed by atoms with Crippen LogP contribution in [0.5, 0.6) is 5.75 Å².